The van der Waals surface area contributed by atoms with Gasteiger partial charge in [0.1, 0.15) is 0 Å². The number of thiophene rings is 1. The molecule has 0 N–H and O–H groups in total. The standard InChI is InChI=1S/C7H8O3S/c1-2-7(8)10-9-6-3-4-11-5-6/h3-5H,2H2,1H3. The fraction of sp³-hybridized carbons (Fsp3) is 0.286. The maximum absolute atomic E-state index is 10.6. The van der Waals surface area contributed by atoms with Crippen molar-refractivity contribution in [3.05, 3.63) is 16.8 Å². The molecule has 0 bridgehead atoms. The van der Waals surface area contributed by atoms with Crippen LogP contribution in [0.15, 0.2) is 16.8 Å². The number of hydrogen-bond acceptors (Lipinski definition) is 4. The van der Waals surface area contributed by atoms with Crippen LogP contribution < -0.4 is 4.89 Å². The van der Waals surface area contributed by atoms with Crippen molar-refractivity contribution in [1.29, 1.82) is 0 Å². The third-order valence-corrected chi connectivity index (χ3v) is 1.68. The van der Waals surface area contributed by atoms with Gasteiger partial charge in [-0.1, -0.05) is 6.92 Å². The summed E-state index contributed by atoms with van der Waals surface area (Å²) in [5.41, 5.74) is 0. The normalized spacial score (nSPS) is 9.18. The van der Waals surface area contributed by atoms with E-state index in [0.29, 0.717) is 12.2 Å². The molecule has 0 aromatic carbocycles. The molecule has 11 heavy (non-hydrogen) atoms. The number of carbonyl (C=O) groups excluding carboxylic acids is 1. The number of carbonyl (C=O) groups is 1. The van der Waals surface area contributed by atoms with E-state index in [9.17, 15) is 4.79 Å². The van der Waals surface area contributed by atoms with Crippen LogP contribution in [0.2, 0.25) is 0 Å². The predicted octanol–water partition coefficient (Wildman–Crippen LogP) is 2.00. The van der Waals surface area contributed by atoms with E-state index >= 15 is 0 Å². The molecular formula is C7H8O3S. The zero-order valence-electron chi connectivity index (χ0n) is 6.07. The minimum atomic E-state index is -0.365. The fourth-order valence-electron chi connectivity index (χ4n) is 0.453. The monoisotopic (exact) mass is 172 g/mol. The molecule has 60 valence electrons. The van der Waals surface area contributed by atoms with Crippen LogP contribution in [-0.2, 0) is 9.68 Å². The highest BCUT2D eigenvalue weighted by molar-refractivity contribution is 7.08. The molecule has 0 atom stereocenters. The Bertz CT molecular complexity index is 218. The van der Waals surface area contributed by atoms with E-state index in [2.05, 4.69) is 9.78 Å². The van der Waals surface area contributed by atoms with E-state index in [1.165, 1.54) is 11.3 Å². The van der Waals surface area contributed by atoms with Crippen molar-refractivity contribution in [1.82, 2.24) is 0 Å². The van der Waals surface area contributed by atoms with Crippen LogP contribution in [0.4, 0.5) is 0 Å². The SMILES string of the molecule is CCC(=O)OOc1ccsc1. The van der Waals surface area contributed by atoms with Crippen molar-refractivity contribution >= 4 is 17.3 Å². The molecule has 0 aliphatic carbocycles. The molecule has 3 nitrogen and oxygen atoms in total. The Kier molecular flexibility index (Phi) is 2.92. The molecule has 0 saturated heterocycles. The molecule has 0 amide bonds. The van der Waals surface area contributed by atoms with Gasteiger partial charge in [0.15, 0.2) is 5.75 Å². The zero-order valence-corrected chi connectivity index (χ0v) is 6.89. The van der Waals surface area contributed by atoms with Crippen molar-refractivity contribution < 1.29 is 14.6 Å². The highest BCUT2D eigenvalue weighted by Crippen LogP contribution is 2.14. The first-order chi connectivity index (χ1) is 5.33. The maximum atomic E-state index is 10.6. The summed E-state index contributed by atoms with van der Waals surface area (Å²) in [6.45, 7) is 1.71. The Morgan fingerprint density at radius 1 is 1.73 bits per heavy atom. The molecule has 1 aromatic rings. The van der Waals surface area contributed by atoms with Gasteiger partial charge in [-0.25, -0.2) is 4.79 Å². The van der Waals surface area contributed by atoms with Crippen molar-refractivity contribution in [3.8, 4) is 5.75 Å². The van der Waals surface area contributed by atoms with E-state index in [1.54, 1.807) is 18.4 Å². The molecule has 0 unspecified atom stereocenters. The second-order valence-electron chi connectivity index (χ2n) is 1.85. The Labute approximate surface area is 68.5 Å². The molecule has 0 aliphatic heterocycles. The van der Waals surface area contributed by atoms with E-state index in [-0.39, 0.29) is 5.97 Å². The molecule has 1 rings (SSSR count). The molecular weight excluding hydrogens is 164 g/mol. The topological polar surface area (TPSA) is 35.5 Å². The van der Waals surface area contributed by atoms with Crippen LogP contribution in [0, 0.1) is 0 Å². The summed E-state index contributed by atoms with van der Waals surface area (Å²) < 4.78 is 0. The summed E-state index contributed by atoms with van der Waals surface area (Å²) in [7, 11) is 0. The van der Waals surface area contributed by atoms with Crippen LogP contribution in [-0.4, -0.2) is 5.97 Å². The summed E-state index contributed by atoms with van der Waals surface area (Å²) >= 11 is 1.48. The minimum Gasteiger partial charge on any atom is -0.286 e. The highest BCUT2D eigenvalue weighted by Gasteiger charge is 2.00. The average Bonchev–Trinajstić information content (AvgIpc) is 2.52. The van der Waals surface area contributed by atoms with Gasteiger partial charge < -0.3 is 0 Å². The van der Waals surface area contributed by atoms with Crippen LogP contribution in [0.25, 0.3) is 0 Å². The van der Waals surface area contributed by atoms with E-state index in [1.807, 2.05) is 5.38 Å². The smallest absolute Gasteiger partial charge is 0.286 e. The van der Waals surface area contributed by atoms with E-state index in [4.69, 9.17) is 0 Å². The summed E-state index contributed by atoms with van der Waals surface area (Å²) in [4.78, 5) is 19.6. The fourth-order valence-corrected chi connectivity index (χ4v) is 0.996. The molecule has 0 spiro atoms. The molecule has 0 fully saturated rings. The Hall–Kier alpha value is -1.03. The van der Waals surface area contributed by atoms with E-state index in [0.717, 1.165) is 0 Å². The second kappa shape index (κ2) is 3.98. The molecule has 4 heteroatoms. The van der Waals surface area contributed by atoms with Gasteiger partial charge in [0.25, 0.3) is 0 Å². The third kappa shape index (κ3) is 2.59. The number of rotatable bonds is 3. The first kappa shape index (κ1) is 8.07. The van der Waals surface area contributed by atoms with Crippen LogP contribution in [0.5, 0.6) is 5.75 Å². The molecule has 0 radical (unpaired) electrons. The van der Waals surface area contributed by atoms with Crippen LogP contribution >= 0.6 is 11.3 Å². The van der Waals surface area contributed by atoms with Gasteiger partial charge in [-0.15, -0.1) is 11.3 Å². The Balaban J connectivity index is 2.29. The zero-order chi connectivity index (χ0) is 8.10. The minimum absolute atomic E-state index is 0.324. The van der Waals surface area contributed by atoms with Gasteiger partial charge in [0.05, 0.1) is 0 Å². The second-order valence-corrected chi connectivity index (χ2v) is 2.63. The molecule has 1 heterocycles. The maximum Gasteiger partial charge on any atom is 0.355 e. The first-order valence-corrected chi connectivity index (χ1v) is 4.16. The third-order valence-electron chi connectivity index (χ3n) is 1.01. The lowest BCUT2D eigenvalue weighted by atomic mass is 10.5. The molecule has 1 aromatic heterocycles. The summed E-state index contributed by atoms with van der Waals surface area (Å²) in [6.07, 6.45) is 0.324. The number of hydrogen-bond donors (Lipinski definition) is 0. The lowest BCUT2D eigenvalue weighted by molar-refractivity contribution is -0.213. The quantitative estimate of drug-likeness (QED) is 0.516. The average molecular weight is 172 g/mol. The van der Waals surface area contributed by atoms with Crippen LogP contribution in [0.1, 0.15) is 13.3 Å². The summed E-state index contributed by atoms with van der Waals surface area (Å²) in [6, 6.07) is 1.73. The van der Waals surface area contributed by atoms with E-state index < -0.39 is 0 Å². The molecule has 0 aliphatic rings. The van der Waals surface area contributed by atoms with Crippen molar-refractivity contribution in [2.75, 3.05) is 0 Å². The predicted molar refractivity (Wildman–Crippen MR) is 41.3 cm³/mol. The Morgan fingerprint density at radius 2 is 2.55 bits per heavy atom. The van der Waals surface area contributed by atoms with Crippen LogP contribution in [0.3, 0.4) is 0 Å². The van der Waals surface area contributed by atoms with Gasteiger partial charge >= 0.3 is 5.97 Å². The largest absolute Gasteiger partial charge is 0.355 e. The molecule has 0 saturated carbocycles. The van der Waals surface area contributed by atoms with Crippen molar-refractivity contribution in [2.45, 2.75) is 13.3 Å². The highest BCUT2D eigenvalue weighted by atomic mass is 32.1. The van der Waals surface area contributed by atoms with Gasteiger partial charge in [-0.05, 0) is 11.4 Å². The van der Waals surface area contributed by atoms with Gasteiger partial charge in [0, 0.05) is 11.8 Å². The first-order valence-electron chi connectivity index (χ1n) is 3.22. The summed E-state index contributed by atoms with van der Waals surface area (Å²) in [5, 5.41) is 3.60. The van der Waals surface area contributed by atoms with Gasteiger partial charge in [-0.3, -0.25) is 9.78 Å². The van der Waals surface area contributed by atoms with Crippen molar-refractivity contribution in [2.24, 2.45) is 0 Å². The van der Waals surface area contributed by atoms with Crippen molar-refractivity contribution in [3.63, 3.8) is 0 Å². The lowest BCUT2D eigenvalue weighted by Crippen LogP contribution is -2.05. The Morgan fingerprint density at radius 3 is 3.09 bits per heavy atom. The lowest BCUT2D eigenvalue weighted by Gasteiger charge is -1.98. The van der Waals surface area contributed by atoms with Gasteiger partial charge in [-0.2, -0.15) is 0 Å². The van der Waals surface area contributed by atoms with Gasteiger partial charge in [0.2, 0.25) is 0 Å². The summed E-state index contributed by atoms with van der Waals surface area (Å²) in [5.74, 6) is 0.202.